The van der Waals surface area contributed by atoms with Crippen LogP contribution in [-0.4, -0.2) is 18.0 Å². The largest absolute Gasteiger partial charge is 0.326 e. The highest BCUT2D eigenvalue weighted by Crippen LogP contribution is 2.19. The zero-order valence-electron chi connectivity index (χ0n) is 7.69. The number of halogens is 1. The Hall–Kier alpha value is -1.27. The van der Waals surface area contributed by atoms with Crippen LogP contribution in [0.25, 0.3) is 11.0 Å². The van der Waals surface area contributed by atoms with E-state index in [1.165, 1.54) is 22.8 Å². The van der Waals surface area contributed by atoms with E-state index in [1.54, 1.807) is 7.05 Å². The summed E-state index contributed by atoms with van der Waals surface area (Å²) in [5.74, 6) is 0. The van der Waals surface area contributed by atoms with Crippen molar-refractivity contribution in [2.24, 2.45) is 7.05 Å². The number of aromatic amines is 1. The number of fused-ring (bicyclic) bond motifs is 1. The number of nitrogens with zero attached hydrogens (tertiary/aromatic N) is 1. The number of aromatic nitrogens is 2. The highest BCUT2D eigenvalue weighted by Gasteiger charge is 2.12. The van der Waals surface area contributed by atoms with Crippen molar-refractivity contribution in [2.45, 2.75) is 4.90 Å². The van der Waals surface area contributed by atoms with Crippen molar-refractivity contribution in [1.29, 1.82) is 0 Å². The van der Waals surface area contributed by atoms with Gasteiger partial charge in [-0.2, -0.15) is 0 Å². The van der Waals surface area contributed by atoms with E-state index in [4.69, 9.17) is 10.7 Å². The van der Waals surface area contributed by atoms with Gasteiger partial charge in [-0.3, -0.25) is 4.57 Å². The monoisotopic (exact) mass is 246 g/mol. The van der Waals surface area contributed by atoms with Gasteiger partial charge in [0.2, 0.25) is 0 Å². The second kappa shape index (κ2) is 3.11. The van der Waals surface area contributed by atoms with Crippen LogP contribution >= 0.6 is 10.7 Å². The normalized spacial score (nSPS) is 12.1. The van der Waals surface area contributed by atoms with E-state index >= 15 is 0 Å². The zero-order chi connectivity index (χ0) is 11.2. The lowest BCUT2D eigenvalue weighted by atomic mass is 10.3. The minimum atomic E-state index is -3.76. The summed E-state index contributed by atoms with van der Waals surface area (Å²) in [6.07, 6.45) is 0. The van der Waals surface area contributed by atoms with Crippen LogP contribution in [0.15, 0.2) is 27.9 Å². The van der Waals surface area contributed by atoms with Gasteiger partial charge in [0.1, 0.15) is 0 Å². The van der Waals surface area contributed by atoms with E-state index in [1.807, 2.05) is 0 Å². The Morgan fingerprint density at radius 3 is 2.67 bits per heavy atom. The number of imidazole rings is 1. The molecule has 2 rings (SSSR count). The van der Waals surface area contributed by atoms with Crippen LogP contribution in [0, 0.1) is 0 Å². The van der Waals surface area contributed by atoms with E-state index < -0.39 is 9.05 Å². The van der Waals surface area contributed by atoms with Gasteiger partial charge in [0, 0.05) is 17.7 Å². The van der Waals surface area contributed by atoms with Gasteiger partial charge in [-0.25, -0.2) is 13.2 Å². The fourth-order valence-corrected chi connectivity index (χ4v) is 2.13. The molecule has 0 spiro atoms. The van der Waals surface area contributed by atoms with Crippen molar-refractivity contribution < 1.29 is 8.42 Å². The van der Waals surface area contributed by atoms with Crippen molar-refractivity contribution in [3.63, 3.8) is 0 Å². The number of aryl methyl sites for hydroxylation is 1. The van der Waals surface area contributed by atoms with Gasteiger partial charge in [0.05, 0.1) is 15.9 Å². The number of H-pyrrole nitrogens is 1. The molecule has 5 nitrogen and oxygen atoms in total. The minimum absolute atomic E-state index is 0.0220. The maximum Gasteiger partial charge on any atom is 0.326 e. The van der Waals surface area contributed by atoms with Gasteiger partial charge in [0.25, 0.3) is 9.05 Å². The third-order valence-electron chi connectivity index (χ3n) is 2.16. The van der Waals surface area contributed by atoms with Crippen molar-refractivity contribution >= 4 is 30.8 Å². The summed E-state index contributed by atoms with van der Waals surface area (Å²) in [5, 5.41) is 0. The van der Waals surface area contributed by atoms with E-state index in [0.717, 1.165) is 0 Å². The highest BCUT2D eigenvalue weighted by atomic mass is 35.7. The van der Waals surface area contributed by atoms with Crippen LogP contribution in [0.4, 0.5) is 0 Å². The summed E-state index contributed by atoms with van der Waals surface area (Å²) in [6.45, 7) is 0. The van der Waals surface area contributed by atoms with E-state index in [-0.39, 0.29) is 10.6 Å². The molecule has 7 heteroatoms. The van der Waals surface area contributed by atoms with Gasteiger partial charge < -0.3 is 4.98 Å². The van der Waals surface area contributed by atoms with Crippen molar-refractivity contribution in [2.75, 3.05) is 0 Å². The van der Waals surface area contributed by atoms with Gasteiger partial charge in [-0.1, -0.05) is 0 Å². The molecule has 1 aromatic carbocycles. The molecule has 0 radical (unpaired) electrons. The topological polar surface area (TPSA) is 71.9 Å². The molecule has 1 heterocycles. The van der Waals surface area contributed by atoms with Crippen LogP contribution in [0.5, 0.6) is 0 Å². The van der Waals surface area contributed by atoms with Crippen molar-refractivity contribution in [3.05, 3.63) is 28.7 Å². The average Bonchev–Trinajstić information content (AvgIpc) is 2.41. The van der Waals surface area contributed by atoms with Crippen LogP contribution in [0.2, 0.25) is 0 Å². The maximum atomic E-state index is 11.2. The summed E-state index contributed by atoms with van der Waals surface area (Å²) in [4.78, 5) is 13.8. The quantitative estimate of drug-likeness (QED) is 0.757. The molecule has 0 aliphatic heterocycles. The molecule has 0 atom stereocenters. The van der Waals surface area contributed by atoms with Crippen molar-refractivity contribution in [1.82, 2.24) is 9.55 Å². The van der Waals surface area contributed by atoms with Crippen LogP contribution in [0.1, 0.15) is 0 Å². The Bertz CT molecular complexity index is 683. The van der Waals surface area contributed by atoms with Gasteiger partial charge in [-0.05, 0) is 18.2 Å². The van der Waals surface area contributed by atoms with E-state index in [2.05, 4.69) is 4.98 Å². The second-order valence-corrected chi connectivity index (χ2v) is 5.67. The first-order chi connectivity index (χ1) is 6.89. The predicted molar refractivity (Wildman–Crippen MR) is 56.6 cm³/mol. The fraction of sp³-hybridized carbons (Fsp3) is 0.125. The van der Waals surface area contributed by atoms with Crippen LogP contribution < -0.4 is 5.69 Å². The first kappa shape index (κ1) is 10.3. The summed E-state index contributed by atoms with van der Waals surface area (Å²) in [6, 6.07) is 4.21. The molecule has 1 N–H and O–H groups in total. The van der Waals surface area contributed by atoms with E-state index in [0.29, 0.717) is 11.0 Å². The Morgan fingerprint density at radius 1 is 1.40 bits per heavy atom. The SMILES string of the molecule is Cn1c(=O)[nH]c2ccc(S(=O)(=O)Cl)cc21. The summed E-state index contributed by atoms with van der Waals surface area (Å²) in [5.41, 5.74) is 0.780. The average molecular weight is 247 g/mol. The summed E-state index contributed by atoms with van der Waals surface area (Å²) in [7, 11) is 2.98. The Kier molecular flexibility index (Phi) is 2.13. The minimum Gasteiger partial charge on any atom is -0.306 e. The predicted octanol–water partition coefficient (Wildman–Crippen LogP) is 0.794. The molecule has 0 fully saturated rings. The molecule has 0 aliphatic carbocycles. The third kappa shape index (κ3) is 1.66. The van der Waals surface area contributed by atoms with Crippen LogP contribution in [-0.2, 0) is 16.1 Å². The molecular formula is C8H7ClN2O3S. The maximum absolute atomic E-state index is 11.2. The van der Waals surface area contributed by atoms with E-state index in [9.17, 15) is 13.2 Å². The lowest BCUT2D eigenvalue weighted by molar-refractivity contribution is 0.609. The molecule has 0 aliphatic rings. The summed E-state index contributed by atoms with van der Waals surface area (Å²) < 4.78 is 23.4. The number of hydrogen-bond donors (Lipinski definition) is 1. The van der Waals surface area contributed by atoms with Crippen molar-refractivity contribution in [3.8, 4) is 0 Å². The second-order valence-electron chi connectivity index (χ2n) is 3.11. The molecule has 80 valence electrons. The number of nitrogens with one attached hydrogen (secondary N) is 1. The molecular weight excluding hydrogens is 240 g/mol. The molecule has 0 bridgehead atoms. The molecule has 15 heavy (non-hydrogen) atoms. The molecule has 2 aromatic rings. The number of hydrogen-bond acceptors (Lipinski definition) is 3. The first-order valence-corrected chi connectivity index (χ1v) is 6.34. The smallest absolute Gasteiger partial charge is 0.306 e. The van der Waals surface area contributed by atoms with Gasteiger partial charge >= 0.3 is 5.69 Å². The lowest BCUT2D eigenvalue weighted by Crippen LogP contribution is -2.11. The third-order valence-corrected chi connectivity index (χ3v) is 3.51. The zero-order valence-corrected chi connectivity index (χ0v) is 9.26. The Morgan fingerprint density at radius 2 is 2.07 bits per heavy atom. The molecule has 0 amide bonds. The van der Waals surface area contributed by atoms with Gasteiger partial charge in [-0.15, -0.1) is 0 Å². The Labute approximate surface area is 89.7 Å². The fourth-order valence-electron chi connectivity index (χ4n) is 1.35. The molecule has 0 saturated heterocycles. The van der Waals surface area contributed by atoms with Gasteiger partial charge in [0.15, 0.2) is 0 Å². The lowest BCUT2D eigenvalue weighted by Gasteiger charge is -1.97. The number of rotatable bonds is 1. The molecule has 1 aromatic heterocycles. The first-order valence-electron chi connectivity index (χ1n) is 4.03. The highest BCUT2D eigenvalue weighted by molar-refractivity contribution is 8.13. The van der Waals surface area contributed by atoms with Crippen LogP contribution in [0.3, 0.4) is 0 Å². The molecule has 0 saturated carbocycles. The standard InChI is InChI=1S/C8H7ClN2O3S/c1-11-7-4-5(15(9,13)14)2-3-6(7)10-8(11)12/h2-4H,1H3,(H,10,12). The Balaban J connectivity index is 2.87. The molecule has 0 unspecified atom stereocenters. The number of benzene rings is 1. The summed E-state index contributed by atoms with van der Waals surface area (Å²) >= 11 is 0.